The highest BCUT2D eigenvalue weighted by Gasteiger charge is 2.33. The minimum atomic E-state index is -3.53. The summed E-state index contributed by atoms with van der Waals surface area (Å²) in [4.78, 5) is 0. The smallest absolute Gasteiger partial charge is 0.314 e. The third kappa shape index (κ3) is 4.76. The van der Waals surface area contributed by atoms with E-state index in [9.17, 15) is 17.2 Å². The summed E-state index contributed by atoms with van der Waals surface area (Å²) in [5.74, 6) is -0.732. The first-order chi connectivity index (χ1) is 14.9. The molecule has 164 valence electrons. The molecule has 0 saturated heterocycles. The van der Waals surface area contributed by atoms with Crippen molar-refractivity contribution in [1.29, 1.82) is 0 Å². The van der Waals surface area contributed by atoms with Gasteiger partial charge < -0.3 is 4.42 Å². The van der Waals surface area contributed by atoms with Crippen LogP contribution in [-0.2, 0) is 16.6 Å². The molecule has 3 aromatic rings. The number of hydrogen-bond acceptors (Lipinski definition) is 5. The molecule has 0 atom stereocenters. The fourth-order valence-electron chi connectivity index (χ4n) is 3.82. The molecule has 0 spiro atoms. The van der Waals surface area contributed by atoms with Crippen LogP contribution in [0.1, 0.15) is 50.0 Å². The number of sulfonamides is 1. The van der Waals surface area contributed by atoms with Crippen LogP contribution >= 0.6 is 0 Å². The molecule has 1 aromatic heterocycles. The molecule has 0 N–H and O–H groups in total. The van der Waals surface area contributed by atoms with E-state index in [-0.39, 0.29) is 17.7 Å². The van der Waals surface area contributed by atoms with E-state index in [2.05, 4.69) is 10.2 Å². The van der Waals surface area contributed by atoms with Crippen LogP contribution < -0.4 is 4.31 Å². The van der Waals surface area contributed by atoms with Crippen molar-refractivity contribution in [2.75, 3.05) is 4.31 Å². The van der Waals surface area contributed by atoms with Gasteiger partial charge in [0.05, 0.1) is 17.5 Å². The fourth-order valence-corrected chi connectivity index (χ4v) is 5.86. The predicted molar refractivity (Wildman–Crippen MR) is 113 cm³/mol. The summed E-state index contributed by atoms with van der Waals surface area (Å²) >= 11 is 0. The highest BCUT2D eigenvalue weighted by atomic mass is 32.2. The van der Waals surface area contributed by atoms with Crippen LogP contribution in [0, 0.1) is 0 Å². The van der Waals surface area contributed by atoms with Crippen LogP contribution in [0.4, 0.5) is 14.5 Å². The number of halogens is 2. The van der Waals surface area contributed by atoms with Crippen molar-refractivity contribution in [3.8, 4) is 11.5 Å². The quantitative estimate of drug-likeness (QED) is 0.488. The first kappa shape index (κ1) is 21.4. The monoisotopic (exact) mass is 447 g/mol. The largest absolute Gasteiger partial charge is 0.415 e. The third-order valence-electron chi connectivity index (χ3n) is 5.48. The van der Waals surface area contributed by atoms with Crippen molar-refractivity contribution < 1.29 is 21.6 Å². The maximum absolute atomic E-state index is 13.5. The van der Waals surface area contributed by atoms with Crippen LogP contribution in [0.15, 0.2) is 59.0 Å². The van der Waals surface area contributed by atoms with Crippen molar-refractivity contribution in [2.45, 2.75) is 50.3 Å². The average Bonchev–Trinajstić information content (AvgIpc) is 3.30. The zero-order valence-electron chi connectivity index (χ0n) is 16.8. The Morgan fingerprint density at radius 2 is 1.65 bits per heavy atom. The normalized spacial score (nSPS) is 15.3. The lowest BCUT2D eigenvalue weighted by molar-refractivity contribution is 0.116. The zero-order chi connectivity index (χ0) is 21.8. The standard InChI is InChI=1S/C22H23F2N3O3S/c23-20(24)22-26-25-21(30-22)17-13-11-16(12-14-17)15-27(18-7-3-1-4-8-18)31(28,29)19-9-5-2-6-10-19/h1,3-4,7-8,11-14,19-20H,2,5-6,9-10,15H2. The topological polar surface area (TPSA) is 76.3 Å². The Hall–Kier alpha value is -2.81. The number of benzene rings is 2. The first-order valence-electron chi connectivity index (χ1n) is 10.2. The molecule has 9 heteroatoms. The molecule has 1 fully saturated rings. The SMILES string of the molecule is O=S(=O)(C1CCCCC1)N(Cc1ccc(-c2nnc(C(F)F)o2)cc1)c1ccccc1. The molecule has 0 unspecified atom stereocenters. The second-order valence-corrected chi connectivity index (χ2v) is 9.73. The van der Waals surface area contributed by atoms with Crippen molar-refractivity contribution in [2.24, 2.45) is 0 Å². The number of nitrogens with zero attached hydrogens (tertiary/aromatic N) is 3. The van der Waals surface area contributed by atoms with E-state index >= 15 is 0 Å². The molecule has 1 heterocycles. The van der Waals surface area contributed by atoms with Crippen LogP contribution in [0.3, 0.4) is 0 Å². The first-order valence-corrected chi connectivity index (χ1v) is 11.7. The van der Waals surface area contributed by atoms with E-state index < -0.39 is 22.3 Å². The van der Waals surface area contributed by atoms with Gasteiger partial charge in [0.15, 0.2) is 0 Å². The second kappa shape index (κ2) is 9.13. The van der Waals surface area contributed by atoms with E-state index in [4.69, 9.17) is 4.42 Å². The number of hydrogen-bond donors (Lipinski definition) is 0. The van der Waals surface area contributed by atoms with Gasteiger partial charge in [-0.05, 0) is 42.7 Å². The minimum absolute atomic E-state index is 0.00315. The molecule has 6 nitrogen and oxygen atoms in total. The molecule has 1 aliphatic carbocycles. The molecule has 31 heavy (non-hydrogen) atoms. The molecular formula is C22H23F2N3O3S. The van der Waals surface area contributed by atoms with Crippen molar-refractivity contribution in [1.82, 2.24) is 10.2 Å². The van der Waals surface area contributed by atoms with E-state index in [1.54, 1.807) is 36.4 Å². The van der Waals surface area contributed by atoms with Gasteiger partial charge in [-0.25, -0.2) is 8.42 Å². The maximum Gasteiger partial charge on any atom is 0.314 e. The van der Waals surface area contributed by atoms with Gasteiger partial charge in [-0.1, -0.05) is 49.6 Å². The molecular weight excluding hydrogens is 424 g/mol. The Labute approximate surface area is 180 Å². The summed E-state index contributed by atoms with van der Waals surface area (Å²) in [6, 6.07) is 15.9. The number of aromatic nitrogens is 2. The summed E-state index contributed by atoms with van der Waals surface area (Å²) in [7, 11) is -3.53. The molecule has 0 aliphatic heterocycles. The fraction of sp³-hybridized carbons (Fsp3) is 0.364. The summed E-state index contributed by atoms with van der Waals surface area (Å²) in [5.41, 5.74) is 1.88. The summed E-state index contributed by atoms with van der Waals surface area (Å²) in [6.07, 6.45) is 1.44. The maximum atomic E-state index is 13.5. The van der Waals surface area contributed by atoms with Crippen molar-refractivity contribution >= 4 is 15.7 Å². The van der Waals surface area contributed by atoms with Gasteiger partial charge >= 0.3 is 6.43 Å². The minimum Gasteiger partial charge on any atom is -0.415 e. The van der Waals surface area contributed by atoms with Crippen molar-refractivity contribution in [3.05, 3.63) is 66.1 Å². The Bertz CT molecular complexity index is 1100. The van der Waals surface area contributed by atoms with E-state index in [1.807, 2.05) is 18.2 Å². The summed E-state index contributed by atoms with van der Waals surface area (Å²) in [5, 5.41) is 6.59. The molecule has 1 aliphatic rings. The summed E-state index contributed by atoms with van der Waals surface area (Å²) < 4.78 is 58.7. The Kier molecular flexibility index (Phi) is 6.31. The van der Waals surface area contributed by atoms with E-state index in [0.717, 1.165) is 24.8 Å². The van der Waals surface area contributed by atoms with Gasteiger partial charge in [-0.15, -0.1) is 10.2 Å². The van der Waals surface area contributed by atoms with Gasteiger partial charge in [0, 0.05) is 5.56 Å². The lowest BCUT2D eigenvalue weighted by Gasteiger charge is -2.31. The lowest BCUT2D eigenvalue weighted by atomic mass is 10.0. The number of anilines is 1. The molecule has 0 radical (unpaired) electrons. The number of para-hydroxylation sites is 1. The van der Waals surface area contributed by atoms with Gasteiger partial charge in [0.2, 0.25) is 15.9 Å². The van der Waals surface area contributed by atoms with Crippen LogP contribution in [-0.4, -0.2) is 23.9 Å². The highest BCUT2D eigenvalue weighted by Crippen LogP contribution is 2.31. The second-order valence-electron chi connectivity index (χ2n) is 7.59. The number of rotatable bonds is 7. The zero-order valence-corrected chi connectivity index (χ0v) is 17.6. The Balaban J connectivity index is 1.59. The molecule has 2 aromatic carbocycles. The van der Waals surface area contributed by atoms with Crippen LogP contribution in [0.2, 0.25) is 0 Å². The van der Waals surface area contributed by atoms with Gasteiger partial charge in [0.1, 0.15) is 0 Å². The Morgan fingerprint density at radius 3 is 2.26 bits per heavy atom. The molecule has 4 rings (SSSR count). The van der Waals surface area contributed by atoms with Gasteiger partial charge in [-0.3, -0.25) is 4.31 Å². The van der Waals surface area contributed by atoms with E-state index in [0.29, 0.717) is 24.1 Å². The highest BCUT2D eigenvalue weighted by molar-refractivity contribution is 7.93. The van der Waals surface area contributed by atoms with Crippen molar-refractivity contribution in [3.63, 3.8) is 0 Å². The molecule has 1 saturated carbocycles. The average molecular weight is 448 g/mol. The van der Waals surface area contributed by atoms with Gasteiger partial charge in [-0.2, -0.15) is 8.78 Å². The van der Waals surface area contributed by atoms with E-state index in [1.165, 1.54) is 4.31 Å². The lowest BCUT2D eigenvalue weighted by Crippen LogP contribution is -2.39. The third-order valence-corrected chi connectivity index (χ3v) is 7.75. The summed E-state index contributed by atoms with van der Waals surface area (Å²) in [6.45, 7) is 0.176. The van der Waals surface area contributed by atoms with Crippen LogP contribution in [0.25, 0.3) is 11.5 Å². The van der Waals surface area contributed by atoms with Gasteiger partial charge in [0.25, 0.3) is 5.89 Å². The Morgan fingerprint density at radius 1 is 0.968 bits per heavy atom. The number of alkyl halides is 2. The predicted octanol–water partition coefficient (Wildman–Crippen LogP) is 5.34. The molecule has 0 amide bonds. The van der Waals surface area contributed by atoms with Crippen LogP contribution in [0.5, 0.6) is 0 Å². The molecule has 0 bridgehead atoms.